The quantitative estimate of drug-likeness (QED) is 0.570. The molecule has 1 aromatic heterocycles. The molecular weight excluding hydrogens is 416 g/mol. The van der Waals surface area contributed by atoms with Crippen LogP contribution in [0.25, 0.3) is 5.69 Å². The van der Waals surface area contributed by atoms with Crippen molar-refractivity contribution in [3.05, 3.63) is 76.6 Å². The van der Waals surface area contributed by atoms with Gasteiger partial charge in [-0.25, -0.2) is 17.9 Å². The molecule has 4 rings (SSSR count). The Morgan fingerprint density at radius 2 is 1.97 bits per heavy atom. The van der Waals surface area contributed by atoms with E-state index in [0.717, 1.165) is 17.5 Å². The monoisotopic (exact) mass is 436 g/mol. The van der Waals surface area contributed by atoms with Gasteiger partial charge in [-0.1, -0.05) is 18.2 Å². The molecule has 0 spiro atoms. The lowest BCUT2D eigenvalue weighted by Crippen LogP contribution is -2.27. The van der Waals surface area contributed by atoms with Crippen molar-refractivity contribution in [3.63, 3.8) is 0 Å². The van der Waals surface area contributed by atoms with Crippen LogP contribution in [0.4, 0.5) is 5.69 Å². The topological polar surface area (TPSA) is 105 Å². The van der Waals surface area contributed by atoms with Gasteiger partial charge in [-0.05, 0) is 49.2 Å². The fraction of sp³-hybridized carbons (Fsp3) is 0.227. The van der Waals surface area contributed by atoms with Crippen molar-refractivity contribution in [2.24, 2.45) is 0 Å². The Kier molecular flexibility index (Phi) is 5.25. The third kappa shape index (κ3) is 3.90. The van der Waals surface area contributed by atoms with Crippen LogP contribution in [-0.4, -0.2) is 37.0 Å². The van der Waals surface area contributed by atoms with Crippen LogP contribution < -0.4 is 4.31 Å². The zero-order valence-electron chi connectivity index (χ0n) is 17.1. The molecule has 2 heterocycles. The molecule has 0 fully saturated rings. The number of anilines is 1. The van der Waals surface area contributed by atoms with Crippen molar-refractivity contribution < 1.29 is 17.9 Å². The summed E-state index contributed by atoms with van der Waals surface area (Å²) in [4.78, 5) is 12.7. The second kappa shape index (κ2) is 7.89. The minimum atomic E-state index is -3.35. The van der Waals surface area contributed by atoms with Gasteiger partial charge < -0.3 is 4.74 Å². The van der Waals surface area contributed by atoms with E-state index in [4.69, 9.17) is 4.74 Å². The van der Waals surface area contributed by atoms with E-state index >= 15 is 0 Å². The summed E-state index contributed by atoms with van der Waals surface area (Å²) in [5, 5.41) is 14.0. The molecule has 0 atom stereocenters. The van der Waals surface area contributed by atoms with Crippen molar-refractivity contribution in [1.82, 2.24) is 9.78 Å². The number of esters is 1. The normalized spacial score (nSPS) is 13.0. The average molecular weight is 436 g/mol. The molecule has 0 amide bonds. The highest BCUT2D eigenvalue weighted by Crippen LogP contribution is 2.31. The summed E-state index contributed by atoms with van der Waals surface area (Å²) < 4.78 is 32.2. The first-order valence-electron chi connectivity index (χ1n) is 9.61. The number of carbonyl (C=O) groups is 1. The second-order valence-corrected chi connectivity index (χ2v) is 9.18. The second-order valence-electron chi connectivity index (χ2n) is 7.27. The third-order valence-electron chi connectivity index (χ3n) is 5.18. The number of hydrogen-bond donors (Lipinski definition) is 0. The van der Waals surface area contributed by atoms with E-state index in [9.17, 15) is 18.5 Å². The van der Waals surface area contributed by atoms with Crippen LogP contribution >= 0.6 is 0 Å². The van der Waals surface area contributed by atoms with E-state index in [1.807, 2.05) is 30.3 Å². The molecule has 1 aliphatic rings. The number of aryl methyl sites for hydroxylation is 1. The lowest BCUT2D eigenvalue weighted by Gasteiger charge is -2.16. The van der Waals surface area contributed by atoms with Gasteiger partial charge >= 0.3 is 5.97 Å². The van der Waals surface area contributed by atoms with Gasteiger partial charge in [0.2, 0.25) is 10.0 Å². The third-order valence-corrected chi connectivity index (χ3v) is 6.36. The maximum Gasteiger partial charge on any atom is 0.338 e. The zero-order chi connectivity index (χ0) is 22.2. The zero-order valence-corrected chi connectivity index (χ0v) is 17.9. The number of aromatic nitrogens is 2. The highest BCUT2D eigenvalue weighted by molar-refractivity contribution is 7.92. The van der Waals surface area contributed by atoms with Crippen LogP contribution in [0.15, 0.2) is 48.5 Å². The van der Waals surface area contributed by atoms with Crippen LogP contribution in [0.1, 0.15) is 32.9 Å². The maximum absolute atomic E-state index is 12.7. The van der Waals surface area contributed by atoms with Crippen molar-refractivity contribution in [2.75, 3.05) is 17.1 Å². The van der Waals surface area contributed by atoms with Crippen molar-refractivity contribution >= 4 is 21.7 Å². The molecule has 0 aliphatic carbocycles. The number of rotatable bonds is 5. The highest BCUT2D eigenvalue weighted by atomic mass is 32.2. The van der Waals surface area contributed by atoms with Gasteiger partial charge in [0.1, 0.15) is 18.2 Å². The SMILES string of the molecule is Cc1nn(-c2ccccc2)c(COC(=O)c2ccc3c(c2)CCN3S(C)(=O)=O)c1C#N. The minimum absolute atomic E-state index is 0.121. The fourth-order valence-corrected chi connectivity index (χ4v) is 4.66. The van der Waals surface area contributed by atoms with Crippen molar-refractivity contribution in [1.29, 1.82) is 5.26 Å². The molecule has 31 heavy (non-hydrogen) atoms. The van der Waals surface area contributed by atoms with Crippen LogP contribution in [0, 0.1) is 18.3 Å². The lowest BCUT2D eigenvalue weighted by molar-refractivity contribution is 0.0464. The van der Waals surface area contributed by atoms with Crippen LogP contribution in [0.3, 0.4) is 0 Å². The Hall–Kier alpha value is -3.64. The molecule has 0 N–H and O–H groups in total. The van der Waals surface area contributed by atoms with E-state index in [1.54, 1.807) is 29.8 Å². The molecule has 0 radical (unpaired) electrons. The standard InChI is InChI=1S/C22H20N4O4S/c1-15-19(13-23)21(26(24-15)18-6-4-3-5-7-18)14-30-22(27)17-8-9-20-16(12-17)10-11-25(20)31(2,28)29/h3-9,12H,10-11,14H2,1-2H3. The number of carbonyl (C=O) groups excluding carboxylic acids is 1. The molecule has 0 saturated heterocycles. The number of para-hydroxylation sites is 1. The largest absolute Gasteiger partial charge is 0.456 e. The smallest absolute Gasteiger partial charge is 0.338 e. The molecule has 158 valence electrons. The van der Waals surface area contributed by atoms with Crippen molar-refractivity contribution in [3.8, 4) is 11.8 Å². The van der Waals surface area contributed by atoms with Gasteiger partial charge in [-0.15, -0.1) is 0 Å². The average Bonchev–Trinajstić information content (AvgIpc) is 3.32. The van der Waals surface area contributed by atoms with Crippen LogP contribution in [0.5, 0.6) is 0 Å². The van der Waals surface area contributed by atoms with E-state index in [1.165, 1.54) is 4.31 Å². The summed E-state index contributed by atoms with van der Waals surface area (Å²) in [6, 6.07) is 16.3. The predicted octanol–water partition coefficient (Wildman–Crippen LogP) is 2.73. The number of sulfonamides is 1. The van der Waals surface area contributed by atoms with Crippen LogP contribution in [-0.2, 0) is 27.8 Å². The molecule has 0 bridgehead atoms. The number of fused-ring (bicyclic) bond motifs is 1. The summed E-state index contributed by atoms with van der Waals surface area (Å²) in [5.41, 5.74) is 3.87. The van der Waals surface area contributed by atoms with Crippen LogP contribution in [0.2, 0.25) is 0 Å². The Labute approximate surface area is 180 Å². The van der Waals surface area contributed by atoms with Gasteiger partial charge in [-0.2, -0.15) is 10.4 Å². The molecule has 2 aromatic carbocycles. The Morgan fingerprint density at radius 1 is 1.23 bits per heavy atom. The molecule has 1 aliphatic heterocycles. The lowest BCUT2D eigenvalue weighted by atomic mass is 10.1. The molecule has 0 unspecified atom stereocenters. The number of benzene rings is 2. The summed E-state index contributed by atoms with van der Waals surface area (Å²) in [7, 11) is -3.35. The summed E-state index contributed by atoms with van der Waals surface area (Å²) in [5.74, 6) is -0.553. The van der Waals surface area contributed by atoms with Gasteiger partial charge in [0.25, 0.3) is 0 Å². The van der Waals surface area contributed by atoms with E-state index in [-0.39, 0.29) is 6.61 Å². The van der Waals surface area contributed by atoms with Gasteiger partial charge in [-0.3, -0.25) is 4.31 Å². The number of nitrogens with zero attached hydrogens (tertiary/aromatic N) is 4. The molecule has 9 heteroatoms. The summed E-state index contributed by atoms with van der Waals surface area (Å²) >= 11 is 0. The first-order valence-corrected chi connectivity index (χ1v) is 11.5. The minimum Gasteiger partial charge on any atom is -0.456 e. The first-order chi connectivity index (χ1) is 14.8. The Balaban J connectivity index is 1.57. The summed E-state index contributed by atoms with van der Waals surface area (Å²) in [6.45, 7) is 1.97. The molecular formula is C22H20N4O4S. The van der Waals surface area contributed by atoms with Gasteiger partial charge in [0, 0.05) is 6.54 Å². The van der Waals surface area contributed by atoms with E-state index < -0.39 is 16.0 Å². The molecule has 3 aromatic rings. The highest BCUT2D eigenvalue weighted by Gasteiger charge is 2.27. The number of ether oxygens (including phenoxy) is 1. The van der Waals surface area contributed by atoms with E-state index in [2.05, 4.69) is 11.2 Å². The number of hydrogen-bond acceptors (Lipinski definition) is 6. The Morgan fingerprint density at radius 3 is 2.65 bits per heavy atom. The molecule has 0 saturated carbocycles. The molecule has 8 nitrogen and oxygen atoms in total. The maximum atomic E-state index is 12.7. The fourth-order valence-electron chi connectivity index (χ4n) is 3.70. The van der Waals surface area contributed by atoms with Gasteiger partial charge in [0.15, 0.2) is 0 Å². The van der Waals surface area contributed by atoms with E-state index in [0.29, 0.717) is 41.2 Å². The predicted molar refractivity (Wildman–Crippen MR) is 114 cm³/mol. The van der Waals surface area contributed by atoms with Gasteiger partial charge in [0.05, 0.1) is 34.6 Å². The number of nitriles is 1. The van der Waals surface area contributed by atoms with Crippen molar-refractivity contribution in [2.45, 2.75) is 20.0 Å². The Bertz CT molecular complexity index is 1310. The summed E-state index contributed by atoms with van der Waals surface area (Å²) in [6.07, 6.45) is 1.69. The first kappa shape index (κ1) is 20.6.